The third kappa shape index (κ3) is 6.28. The second kappa shape index (κ2) is 10.0. The van der Waals surface area contributed by atoms with Gasteiger partial charge in [0.2, 0.25) is 5.91 Å². The summed E-state index contributed by atoms with van der Waals surface area (Å²) in [5.41, 5.74) is 2.87. The summed E-state index contributed by atoms with van der Waals surface area (Å²) in [6.07, 6.45) is 2.42. The molecule has 0 spiro atoms. The number of amides is 1. The first-order valence-corrected chi connectivity index (χ1v) is 10.1. The normalized spacial score (nSPS) is 10.5. The van der Waals surface area contributed by atoms with Gasteiger partial charge in [-0.15, -0.1) is 0 Å². The molecule has 0 atom stereocenters. The van der Waals surface area contributed by atoms with Gasteiger partial charge in [-0.05, 0) is 50.3 Å². The number of phenolic OH excluding ortho intramolecular Hbond substituents is 1. The van der Waals surface area contributed by atoms with Crippen molar-refractivity contribution < 1.29 is 24.2 Å². The maximum absolute atomic E-state index is 12.3. The number of benzene rings is 1. The Morgan fingerprint density at radius 2 is 1.83 bits per heavy atom. The zero-order chi connectivity index (χ0) is 21.6. The average molecular weight is 417 g/mol. The number of anilines is 1. The number of thioether (sulfide) groups is 1. The van der Waals surface area contributed by atoms with Gasteiger partial charge in [-0.3, -0.25) is 14.4 Å². The lowest BCUT2D eigenvalue weighted by Crippen LogP contribution is -2.15. The number of ether oxygens (including phenoxy) is 1. The molecule has 0 aliphatic rings. The number of hydrogen-bond acceptors (Lipinski definition) is 8. The topological polar surface area (TPSA) is 118 Å². The minimum Gasteiger partial charge on any atom is -0.506 e. The molecule has 0 bridgehead atoms. The number of nitrogens with one attached hydrogen (secondary N) is 1. The van der Waals surface area contributed by atoms with Crippen molar-refractivity contribution in [3.8, 4) is 5.75 Å². The number of esters is 1. The number of carbonyl (C=O) groups excluding carboxylic acids is 3. The van der Waals surface area contributed by atoms with Crippen molar-refractivity contribution in [1.82, 2.24) is 9.97 Å². The van der Waals surface area contributed by atoms with E-state index in [1.165, 1.54) is 36.9 Å². The molecule has 9 heteroatoms. The van der Waals surface area contributed by atoms with Gasteiger partial charge < -0.3 is 15.2 Å². The van der Waals surface area contributed by atoms with Crippen LogP contribution in [0.2, 0.25) is 0 Å². The Hall–Kier alpha value is -2.94. The van der Waals surface area contributed by atoms with Crippen molar-refractivity contribution in [2.75, 3.05) is 18.2 Å². The van der Waals surface area contributed by atoms with Gasteiger partial charge in [-0.25, -0.2) is 9.97 Å². The molecular formula is C20H23N3O5S. The number of ketones is 1. The Bertz CT molecular complexity index is 923. The molecule has 2 N–H and O–H groups in total. The standard InChI is InChI=1S/C20H23N3O5S/c1-11-15(12(2)22-20(21-11)29-4)6-8-19(27)28-10-18(26)14-5-7-17(25)16(9-14)23-13(3)24/h5,7,9,25H,6,8,10H2,1-4H3,(H,23,24). The smallest absolute Gasteiger partial charge is 0.306 e. The van der Waals surface area contributed by atoms with E-state index in [1.54, 1.807) is 0 Å². The average Bonchev–Trinajstić information content (AvgIpc) is 2.66. The van der Waals surface area contributed by atoms with Crippen molar-refractivity contribution >= 4 is 35.1 Å². The van der Waals surface area contributed by atoms with E-state index in [0.717, 1.165) is 17.0 Å². The van der Waals surface area contributed by atoms with E-state index in [4.69, 9.17) is 4.74 Å². The van der Waals surface area contributed by atoms with Crippen molar-refractivity contribution in [1.29, 1.82) is 0 Å². The van der Waals surface area contributed by atoms with E-state index >= 15 is 0 Å². The highest BCUT2D eigenvalue weighted by Gasteiger charge is 2.15. The maximum atomic E-state index is 12.3. The molecule has 8 nitrogen and oxygen atoms in total. The molecule has 0 saturated heterocycles. The van der Waals surface area contributed by atoms with Gasteiger partial charge in [0.05, 0.1) is 5.69 Å². The zero-order valence-corrected chi connectivity index (χ0v) is 17.6. The molecule has 1 aromatic carbocycles. The number of Topliss-reactive ketones (excluding diaryl/α,β-unsaturated/α-hetero) is 1. The summed E-state index contributed by atoms with van der Waals surface area (Å²) in [7, 11) is 0. The lowest BCUT2D eigenvalue weighted by molar-refractivity contribution is -0.142. The summed E-state index contributed by atoms with van der Waals surface area (Å²) in [6.45, 7) is 4.61. The van der Waals surface area contributed by atoms with Gasteiger partial charge in [0, 0.05) is 30.3 Å². The minimum atomic E-state index is -0.507. The second-order valence-corrected chi connectivity index (χ2v) is 7.13. The van der Waals surface area contributed by atoms with E-state index in [0.29, 0.717) is 11.6 Å². The Balaban J connectivity index is 1.93. The van der Waals surface area contributed by atoms with Crippen LogP contribution in [-0.4, -0.2) is 45.6 Å². The number of aromatic hydroxyl groups is 1. The monoisotopic (exact) mass is 417 g/mol. The van der Waals surface area contributed by atoms with E-state index < -0.39 is 18.4 Å². The fraction of sp³-hybridized carbons (Fsp3) is 0.350. The predicted octanol–water partition coefficient (Wildman–Crippen LogP) is 2.84. The Morgan fingerprint density at radius 1 is 1.17 bits per heavy atom. The highest BCUT2D eigenvalue weighted by atomic mass is 32.2. The summed E-state index contributed by atoms with van der Waals surface area (Å²) in [6, 6.07) is 4.03. The molecule has 0 unspecified atom stereocenters. The molecule has 0 radical (unpaired) electrons. The lowest BCUT2D eigenvalue weighted by atomic mass is 10.1. The number of nitrogens with zero attached hydrogens (tertiary/aromatic N) is 2. The molecule has 0 aliphatic carbocycles. The zero-order valence-electron chi connectivity index (χ0n) is 16.7. The van der Waals surface area contributed by atoms with Gasteiger partial charge >= 0.3 is 5.97 Å². The highest BCUT2D eigenvalue weighted by molar-refractivity contribution is 7.98. The van der Waals surface area contributed by atoms with Crippen LogP contribution in [0, 0.1) is 13.8 Å². The number of aromatic nitrogens is 2. The van der Waals surface area contributed by atoms with E-state index in [1.807, 2.05) is 20.1 Å². The van der Waals surface area contributed by atoms with Crippen molar-refractivity contribution in [2.24, 2.45) is 0 Å². The number of hydrogen-bond donors (Lipinski definition) is 2. The van der Waals surface area contributed by atoms with Gasteiger partial charge in [0.15, 0.2) is 17.5 Å². The fourth-order valence-electron chi connectivity index (χ4n) is 2.69. The summed E-state index contributed by atoms with van der Waals surface area (Å²) in [4.78, 5) is 44.2. The predicted molar refractivity (Wildman–Crippen MR) is 109 cm³/mol. The summed E-state index contributed by atoms with van der Waals surface area (Å²) in [5.74, 6) is -1.48. The van der Waals surface area contributed by atoms with Crippen LogP contribution in [-0.2, 0) is 20.7 Å². The molecular weight excluding hydrogens is 394 g/mol. The van der Waals surface area contributed by atoms with Gasteiger partial charge in [0.1, 0.15) is 5.75 Å². The summed E-state index contributed by atoms with van der Waals surface area (Å²) < 4.78 is 5.07. The third-order valence-corrected chi connectivity index (χ3v) is 4.70. The number of phenols is 1. The largest absolute Gasteiger partial charge is 0.506 e. The number of rotatable bonds is 8. The lowest BCUT2D eigenvalue weighted by Gasteiger charge is -2.10. The van der Waals surface area contributed by atoms with Crippen molar-refractivity contribution in [3.05, 3.63) is 40.7 Å². The van der Waals surface area contributed by atoms with Crippen LogP contribution in [0.5, 0.6) is 5.75 Å². The van der Waals surface area contributed by atoms with E-state index in [-0.39, 0.29) is 29.3 Å². The minimum absolute atomic E-state index is 0.101. The molecule has 0 aliphatic heterocycles. The highest BCUT2D eigenvalue weighted by Crippen LogP contribution is 2.24. The molecule has 2 rings (SSSR count). The molecule has 154 valence electrons. The van der Waals surface area contributed by atoms with Crippen LogP contribution < -0.4 is 5.32 Å². The van der Waals surface area contributed by atoms with Gasteiger partial charge in [0.25, 0.3) is 0 Å². The van der Waals surface area contributed by atoms with Crippen LogP contribution in [0.15, 0.2) is 23.4 Å². The summed E-state index contributed by atoms with van der Waals surface area (Å²) in [5, 5.41) is 12.8. The van der Waals surface area contributed by atoms with Crippen LogP contribution in [0.3, 0.4) is 0 Å². The quantitative estimate of drug-likeness (QED) is 0.221. The third-order valence-electron chi connectivity index (χ3n) is 4.16. The molecule has 1 amide bonds. The second-order valence-electron chi connectivity index (χ2n) is 6.36. The number of aryl methyl sites for hydroxylation is 2. The van der Waals surface area contributed by atoms with E-state index in [2.05, 4.69) is 15.3 Å². The number of carbonyl (C=O) groups is 3. The van der Waals surface area contributed by atoms with Gasteiger partial charge in [-0.1, -0.05) is 11.8 Å². The maximum Gasteiger partial charge on any atom is 0.306 e. The summed E-state index contributed by atoms with van der Waals surface area (Å²) >= 11 is 1.45. The molecule has 0 fully saturated rings. The van der Waals surface area contributed by atoms with Crippen LogP contribution in [0.4, 0.5) is 5.69 Å². The Kier molecular flexibility index (Phi) is 7.72. The van der Waals surface area contributed by atoms with Crippen LogP contribution in [0.1, 0.15) is 40.7 Å². The molecule has 0 saturated carbocycles. The Labute approximate surface area is 173 Å². The molecule has 2 aromatic rings. The molecule has 29 heavy (non-hydrogen) atoms. The SMILES string of the molecule is CSc1nc(C)c(CCC(=O)OCC(=O)c2ccc(O)c(NC(C)=O)c2)c(C)n1. The first kappa shape index (κ1) is 22.4. The first-order chi connectivity index (χ1) is 13.7. The molecule has 1 aromatic heterocycles. The first-order valence-electron chi connectivity index (χ1n) is 8.88. The van der Waals surface area contributed by atoms with Gasteiger partial charge in [-0.2, -0.15) is 0 Å². The Morgan fingerprint density at radius 3 is 2.41 bits per heavy atom. The van der Waals surface area contributed by atoms with Crippen molar-refractivity contribution in [2.45, 2.75) is 38.8 Å². The molecule has 1 heterocycles. The fourth-order valence-corrected chi connectivity index (χ4v) is 3.15. The van der Waals surface area contributed by atoms with E-state index in [9.17, 15) is 19.5 Å². The van der Waals surface area contributed by atoms with Crippen LogP contribution in [0.25, 0.3) is 0 Å². The van der Waals surface area contributed by atoms with Crippen LogP contribution >= 0.6 is 11.8 Å². The van der Waals surface area contributed by atoms with Crippen molar-refractivity contribution in [3.63, 3.8) is 0 Å².